The van der Waals surface area contributed by atoms with Crippen LogP contribution in [-0.2, 0) is 14.8 Å². The number of anilines is 2. The SMILES string of the molecule is CC(=O)Nc1ccc(S(=O)(=O)Nc2cccc3c(Cl)c[nH]c23)cc1Cl. The molecule has 0 atom stereocenters. The summed E-state index contributed by atoms with van der Waals surface area (Å²) in [7, 11) is -3.87. The Morgan fingerprint density at radius 3 is 2.52 bits per heavy atom. The summed E-state index contributed by atoms with van der Waals surface area (Å²) >= 11 is 12.1. The van der Waals surface area contributed by atoms with Crippen LogP contribution in [0, 0.1) is 0 Å². The van der Waals surface area contributed by atoms with Gasteiger partial charge in [-0.15, -0.1) is 0 Å². The Labute approximate surface area is 154 Å². The zero-order chi connectivity index (χ0) is 18.2. The minimum Gasteiger partial charge on any atom is -0.358 e. The predicted molar refractivity (Wildman–Crippen MR) is 99.9 cm³/mol. The summed E-state index contributed by atoms with van der Waals surface area (Å²) in [6.45, 7) is 1.34. The Morgan fingerprint density at radius 2 is 1.84 bits per heavy atom. The first-order valence-electron chi connectivity index (χ1n) is 7.13. The molecule has 130 valence electrons. The third-order valence-electron chi connectivity index (χ3n) is 3.47. The molecule has 3 N–H and O–H groups in total. The first kappa shape index (κ1) is 17.6. The van der Waals surface area contributed by atoms with Crippen molar-refractivity contribution < 1.29 is 13.2 Å². The van der Waals surface area contributed by atoms with E-state index in [1.165, 1.54) is 25.1 Å². The van der Waals surface area contributed by atoms with E-state index in [1.807, 2.05) is 0 Å². The van der Waals surface area contributed by atoms with E-state index in [0.29, 0.717) is 27.3 Å². The van der Waals surface area contributed by atoms with Gasteiger partial charge in [-0.3, -0.25) is 9.52 Å². The van der Waals surface area contributed by atoms with Gasteiger partial charge in [-0.25, -0.2) is 8.42 Å². The molecule has 0 aliphatic heterocycles. The Hall–Kier alpha value is -2.22. The molecular formula is C16H13Cl2N3O3S. The summed E-state index contributed by atoms with van der Waals surface area (Å²) in [5, 5.41) is 3.85. The second-order valence-corrected chi connectivity index (χ2v) is 7.79. The molecule has 9 heteroatoms. The van der Waals surface area contributed by atoms with Gasteiger partial charge in [0, 0.05) is 18.5 Å². The van der Waals surface area contributed by atoms with Crippen molar-refractivity contribution in [2.75, 3.05) is 10.0 Å². The summed E-state index contributed by atoms with van der Waals surface area (Å²) in [6, 6.07) is 9.18. The van der Waals surface area contributed by atoms with Gasteiger partial charge in [0.05, 0.1) is 31.8 Å². The minimum absolute atomic E-state index is 0.0266. The highest BCUT2D eigenvalue weighted by molar-refractivity contribution is 7.92. The molecule has 0 saturated heterocycles. The highest BCUT2D eigenvalue weighted by atomic mass is 35.5. The number of halogens is 2. The summed E-state index contributed by atoms with van der Waals surface area (Å²) < 4.78 is 27.8. The molecule has 6 nitrogen and oxygen atoms in total. The molecule has 0 aliphatic rings. The lowest BCUT2D eigenvalue weighted by Crippen LogP contribution is -2.14. The number of carbonyl (C=O) groups excluding carboxylic acids is 1. The predicted octanol–water partition coefficient (Wildman–Crippen LogP) is 4.23. The van der Waals surface area contributed by atoms with Crippen LogP contribution in [0.4, 0.5) is 11.4 Å². The van der Waals surface area contributed by atoms with E-state index in [2.05, 4.69) is 15.0 Å². The number of fused-ring (bicyclic) bond motifs is 1. The number of hydrogen-bond acceptors (Lipinski definition) is 3. The molecule has 0 saturated carbocycles. The van der Waals surface area contributed by atoms with Crippen LogP contribution in [0.5, 0.6) is 0 Å². The van der Waals surface area contributed by atoms with Gasteiger partial charge in [-0.05, 0) is 24.3 Å². The topological polar surface area (TPSA) is 91.1 Å². The first-order chi connectivity index (χ1) is 11.8. The number of aromatic amines is 1. The van der Waals surface area contributed by atoms with E-state index in [4.69, 9.17) is 23.2 Å². The van der Waals surface area contributed by atoms with Crippen molar-refractivity contribution in [3.05, 3.63) is 52.6 Å². The molecule has 3 rings (SSSR count). The molecule has 2 aromatic carbocycles. The van der Waals surface area contributed by atoms with Crippen LogP contribution >= 0.6 is 23.2 Å². The van der Waals surface area contributed by atoms with Crippen LogP contribution in [0.15, 0.2) is 47.5 Å². The van der Waals surface area contributed by atoms with Crippen molar-refractivity contribution in [2.45, 2.75) is 11.8 Å². The molecule has 0 radical (unpaired) electrons. The Balaban J connectivity index is 1.96. The van der Waals surface area contributed by atoms with Crippen LogP contribution in [-0.4, -0.2) is 19.3 Å². The van der Waals surface area contributed by atoms with Crippen LogP contribution in [0.1, 0.15) is 6.92 Å². The number of aromatic nitrogens is 1. The zero-order valence-electron chi connectivity index (χ0n) is 12.9. The average Bonchev–Trinajstić information content (AvgIpc) is 2.91. The van der Waals surface area contributed by atoms with E-state index in [1.54, 1.807) is 24.4 Å². The summed E-state index contributed by atoms with van der Waals surface area (Å²) in [6.07, 6.45) is 1.59. The van der Waals surface area contributed by atoms with Gasteiger partial charge in [0.2, 0.25) is 5.91 Å². The van der Waals surface area contributed by atoms with Gasteiger partial charge in [-0.1, -0.05) is 35.3 Å². The number of para-hydroxylation sites is 1. The normalized spacial score (nSPS) is 11.5. The van der Waals surface area contributed by atoms with Gasteiger partial charge >= 0.3 is 0 Å². The number of amides is 1. The number of benzene rings is 2. The largest absolute Gasteiger partial charge is 0.358 e. The van der Waals surface area contributed by atoms with Gasteiger partial charge in [0.1, 0.15) is 0 Å². The highest BCUT2D eigenvalue weighted by Gasteiger charge is 2.18. The average molecular weight is 398 g/mol. The van der Waals surface area contributed by atoms with E-state index in [-0.39, 0.29) is 15.8 Å². The van der Waals surface area contributed by atoms with Crippen LogP contribution < -0.4 is 10.0 Å². The number of hydrogen-bond donors (Lipinski definition) is 3. The van der Waals surface area contributed by atoms with E-state index < -0.39 is 10.0 Å². The third-order valence-corrected chi connectivity index (χ3v) is 5.46. The summed E-state index contributed by atoms with van der Waals surface area (Å²) in [5.74, 6) is -0.300. The minimum atomic E-state index is -3.87. The Kier molecular flexibility index (Phi) is 4.64. The molecule has 0 unspecified atom stereocenters. The Morgan fingerprint density at radius 1 is 1.08 bits per heavy atom. The first-order valence-corrected chi connectivity index (χ1v) is 9.37. The Bertz CT molecular complexity index is 1080. The molecule has 0 fully saturated rings. The number of nitrogens with one attached hydrogen (secondary N) is 3. The number of H-pyrrole nitrogens is 1. The lowest BCUT2D eigenvalue weighted by molar-refractivity contribution is -0.114. The fourth-order valence-electron chi connectivity index (χ4n) is 2.36. The van der Waals surface area contributed by atoms with Gasteiger partial charge < -0.3 is 10.3 Å². The van der Waals surface area contributed by atoms with Crippen molar-refractivity contribution in [2.24, 2.45) is 0 Å². The molecule has 25 heavy (non-hydrogen) atoms. The fourth-order valence-corrected chi connectivity index (χ4v) is 3.97. The molecular weight excluding hydrogens is 385 g/mol. The lowest BCUT2D eigenvalue weighted by Gasteiger charge is -2.11. The molecule has 1 heterocycles. The van der Waals surface area contributed by atoms with E-state index in [0.717, 1.165) is 0 Å². The van der Waals surface area contributed by atoms with Crippen LogP contribution in [0.3, 0.4) is 0 Å². The second kappa shape index (κ2) is 6.59. The number of carbonyl (C=O) groups is 1. The van der Waals surface area contributed by atoms with E-state index >= 15 is 0 Å². The quantitative estimate of drug-likeness (QED) is 0.614. The van der Waals surface area contributed by atoms with Crippen molar-refractivity contribution in [3.63, 3.8) is 0 Å². The summed E-state index contributed by atoms with van der Waals surface area (Å²) in [5.41, 5.74) is 1.29. The van der Waals surface area contributed by atoms with E-state index in [9.17, 15) is 13.2 Å². The van der Waals surface area contributed by atoms with Crippen molar-refractivity contribution in [1.29, 1.82) is 0 Å². The number of sulfonamides is 1. The van der Waals surface area contributed by atoms with Gasteiger partial charge in [-0.2, -0.15) is 0 Å². The molecule has 0 spiro atoms. The monoisotopic (exact) mass is 397 g/mol. The molecule has 1 amide bonds. The van der Waals surface area contributed by atoms with Crippen molar-refractivity contribution in [1.82, 2.24) is 4.98 Å². The van der Waals surface area contributed by atoms with Crippen LogP contribution in [0.2, 0.25) is 10.0 Å². The maximum absolute atomic E-state index is 12.6. The van der Waals surface area contributed by atoms with Crippen molar-refractivity contribution in [3.8, 4) is 0 Å². The third kappa shape index (κ3) is 3.58. The second-order valence-electron chi connectivity index (χ2n) is 5.29. The van der Waals surface area contributed by atoms with Gasteiger partial charge in [0.15, 0.2) is 0 Å². The van der Waals surface area contributed by atoms with Crippen molar-refractivity contribution >= 4 is 61.4 Å². The zero-order valence-corrected chi connectivity index (χ0v) is 15.3. The maximum atomic E-state index is 12.6. The molecule has 0 aliphatic carbocycles. The molecule has 3 aromatic rings. The van der Waals surface area contributed by atoms with Crippen LogP contribution in [0.25, 0.3) is 10.9 Å². The molecule has 1 aromatic heterocycles. The maximum Gasteiger partial charge on any atom is 0.262 e. The fraction of sp³-hybridized carbons (Fsp3) is 0.0625. The standard InChI is InChI=1S/C16H13Cl2N3O3S/c1-9(22)20-14-6-5-10(7-12(14)17)25(23,24)21-15-4-2-3-11-13(18)8-19-16(11)15/h2-8,19,21H,1H3,(H,20,22). The lowest BCUT2D eigenvalue weighted by atomic mass is 10.2. The number of rotatable bonds is 4. The molecule has 0 bridgehead atoms. The smallest absolute Gasteiger partial charge is 0.262 e. The van der Waals surface area contributed by atoms with Gasteiger partial charge in [0.25, 0.3) is 10.0 Å². The summed E-state index contributed by atoms with van der Waals surface area (Å²) in [4.78, 5) is 14.0. The highest BCUT2D eigenvalue weighted by Crippen LogP contribution is 2.31.